The van der Waals surface area contributed by atoms with Crippen molar-refractivity contribution in [2.45, 2.75) is 19.4 Å². The van der Waals surface area contributed by atoms with E-state index in [1.54, 1.807) is 4.90 Å². The summed E-state index contributed by atoms with van der Waals surface area (Å²) in [5, 5.41) is 10.9. The number of amides is 1. The van der Waals surface area contributed by atoms with Crippen LogP contribution < -0.4 is 5.73 Å². The summed E-state index contributed by atoms with van der Waals surface area (Å²) < 4.78 is 0. The molecule has 0 aliphatic carbocycles. The Bertz CT molecular complexity index is 594. The van der Waals surface area contributed by atoms with Gasteiger partial charge in [0.25, 0.3) is 11.6 Å². The first kappa shape index (κ1) is 16.0. The van der Waals surface area contributed by atoms with Crippen molar-refractivity contribution in [2.24, 2.45) is 11.7 Å². The first-order chi connectivity index (χ1) is 9.81. The Kier molecular flexibility index (Phi) is 4.70. The molecule has 1 aromatic rings. The molecule has 1 amide bonds. The molecule has 21 heavy (non-hydrogen) atoms. The van der Waals surface area contributed by atoms with E-state index in [0.29, 0.717) is 19.0 Å². The van der Waals surface area contributed by atoms with Crippen molar-refractivity contribution in [1.82, 2.24) is 4.90 Å². The molecule has 1 saturated heterocycles. The minimum Gasteiger partial charge on any atom is -0.337 e. The summed E-state index contributed by atoms with van der Waals surface area (Å²) >= 11 is 11.9. The van der Waals surface area contributed by atoms with Gasteiger partial charge in [0.15, 0.2) is 0 Å². The van der Waals surface area contributed by atoms with E-state index in [1.807, 2.05) is 6.92 Å². The quantitative estimate of drug-likeness (QED) is 0.666. The van der Waals surface area contributed by atoms with Crippen LogP contribution in [0.4, 0.5) is 5.69 Å². The zero-order chi connectivity index (χ0) is 15.7. The van der Waals surface area contributed by atoms with Gasteiger partial charge < -0.3 is 10.6 Å². The minimum absolute atomic E-state index is 0.0103. The van der Waals surface area contributed by atoms with Crippen LogP contribution in [-0.4, -0.2) is 34.9 Å². The molecular weight excluding hydrogens is 317 g/mol. The van der Waals surface area contributed by atoms with Crippen LogP contribution in [-0.2, 0) is 0 Å². The van der Waals surface area contributed by atoms with Crippen molar-refractivity contribution in [2.75, 3.05) is 13.1 Å². The number of nitro groups is 1. The molecule has 1 aliphatic rings. The van der Waals surface area contributed by atoms with E-state index in [4.69, 9.17) is 28.9 Å². The molecule has 114 valence electrons. The van der Waals surface area contributed by atoms with Crippen LogP contribution in [0.25, 0.3) is 0 Å². The SMILES string of the molecule is CC1CCN(C(=O)c2cc([N+](=O)[O-])cc(Cl)c2Cl)CC1N. The summed E-state index contributed by atoms with van der Waals surface area (Å²) in [6.07, 6.45) is 0.785. The standard InChI is InChI=1S/C13H15Cl2N3O3/c1-7-2-3-17(6-11(7)16)13(19)9-4-8(18(20)21)5-10(14)12(9)15/h4-5,7,11H,2-3,6,16H2,1H3. The number of nitrogens with zero attached hydrogens (tertiary/aromatic N) is 2. The zero-order valence-corrected chi connectivity index (χ0v) is 12.9. The molecule has 2 unspecified atom stereocenters. The highest BCUT2D eigenvalue weighted by molar-refractivity contribution is 6.44. The molecule has 0 spiro atoms. The Morgan fingerprint density at radius 1 is 1.48 bits per heavy atom. The summed E-state index contributed by atoms with van der Waals surface area (Å²) in [5.41, 5.74) is 5.75. The highest BCUT2D eigenvalue weighted by Gasteiger charge is 2.29. The molecular formula is C13H15Cl2N3O3. The number of piperidine rings is 1. The van der Waals surface area contributed by atoms with Crippen LogP contribution in [0.5, 0.6) is 0 Å². The lowest BCUT2D eigenvalue weighted by Gasteiger charge is -2.35. The van der Waals surface area contributed by atoms with Gasteiger partial charge in [0, 0.05) is 31.3 Å². The average Bonchev–Trinajstić information content (AvgIpc) is 2.43. The second kappa shape index (κ2) is 6.17. The third-order valence-corrected chi connectivity index (χ3v) is 4.56. The third kappa shape index (κ3) is 3.28. The van der Waals surface area contributed by atoms with Gasteiger partial charge in [0.2, 0.25) is 0 Å². The number of carbonyl (C=O) groups excluding carboxylic acids is 1. The molecule has 6 nitrogen and oxygen atoms in total. The molecule has 0 bridgehead atoms. The van der Waals surface area contributed by atoms with Gasteiger partial charge in [-0.2, -0.15) is 0 Å². The summed E-state index contributed by atoms with van der Waals surface area (Å²) in [6, 6.07) is 2.17. The van der Waals surface area contributed by atoms with Crippen molar-refractivity contribution < 1.29 is 9.72 Å². The van der Waals surface area contributed by atoms with Crippen LogP contribution in [0.3, 0.4) is 0 Å². The van der Waals surface area contributed by atoms with Crippen molar-refractivity contribution in [3.8, 4) is 0 Å². The normalized spacial score (nSPS) is 22.2. The zero-order valence-electron chi connectivity index (χ0n) is 11.4. The van der Waals surface area contributed by atoms with Gasteiger partial charge in [-0.25, -0.2) is 0 Å². The number of nitro benzene ring substituents is 1. The fourth-order valence-electron chi connectivity index (χ4n) is 2.29. The van der Waals surface area contributed by atoms with Crippen LogP contribution in [0, 0.1) is 16.0 Å². The summed E-state index contributed by atoms with van der Waals surface area (Å²) in [5.74, 6) is -0.0498. The number of non-ortho nitro benzene ring substituents is 1. The molecule has 2 rings (SSSR count). The van der Waals surface area contributed by atoms with E-state index in [2.05, 4.69) is 0 Å². The highest BCUT2D eigenvalue weighted by atomic mass is 35.5. The topological polar surface area (TPSA) is 89.5 Å². The monoisotopic (exact) mass is 331 g/mol. The Hall–Kier alpha value is -1.37. The molecule has 2 atom stereocenters. The molecule has 2 N–H and O–H groups in total. The number of carbonyl (C=O) groups is 1. The fraction of sp³-hybridized carbons (Fsp3) is 0.462. The van der Waals surface area contributed by atoms with Gasteiger partial charge >= 0.3 is 0 Å². The first-order valence-corrected chi connectivity index (χ1v) is 7.25. The van der Waals surface area contributed by atoms with Gasteiger partial charge in [-0.3, -0.25) is 14.9 Å². The lowest BCUT2D eigenvalue weighted by molar-refractivity contribution is -0.384. The maximum absolute atomic E-state index is 12.5. The Labute approximate surface area is 132 Å². The number of hydrogen-bond acceptors (Lipinski definition) is 4. The number of rotatable bonds is 2. The van der Waals surface area contributed by atoms with E-state index < -0.39 is 4.92 Å². The second-order valence-corrected chi connectivity index (χ2v) is 6.01. The summed E-state index contributed by atoms with van der Waals surface area (Å²) in [4.78, 5) is 24.3. The Morgan fingerprint density at radius 2 is 2.14 bits per heavy atom. The maximum atomic E-state index is 12.5. The molecule has 1 aromatic carbocycles. The van der Waals surface area contributed by atoms with E-state index in [9.17, 15) is 14.9 Å². The van der Waals surface area contributed by atoms with Gasteiger partial charge in [-0.1, -0.05) is 30.1 Å². The minimum atomic E-state index is -0.608. The van der Waals surface area contributed by atoms with Crippen LogP contribution in [0.1, 0.15) is 23.7 Å². The molecule has 1 heterocycles. The van der Waals surface area contributed by atoms with Gasteiger partial charge in [-0.15, -0.1) is 0 Å². The van der Waals surface area contributed by atoms with Crippen molar-refractivity contribution in [3.63, 3.8) is 0 Å². The molecule has 1 aliphatic heterocycles. The Morgan fingerprint density at radius 3 is 2.71 bits per heavy atom. The average molecular weight is 332 g/mol. The number of likely N-dealkylation sites (tertiary alicyclic amines) is 1. The number of halogens is 2. The van der Waals surface area contributed by atoms with E-state index >= 15 is 0 Å². The Balaban J connectivity index is 2.33. The van der Waals surface area contributed by atoms with Crippen LogP contribution in [0.2, 0.25) is 10.0 Å². The lowest BCUT2D eigenvalue weighted by Crippen LogP contribution is -2.49. The lowest BCUT2D eigenvalue weighted by atomic mass is 9.94. The van der Waals surface area contributed by atoms with Gasteiger partial charge in [0.05, 0.1) is 20.5 Å². The third-order valence-electron chi connectivity index (χ3n) is 3.76. The predicted molar refractivity (Wildman–Crippen MR) is 80.8 cm³/mol. The summed E-state index contributed by atoms with van der Waals surface area (Å²) in [6.45, 7) is 2.98. The second-order valence-electron chi connectivity index (χ2n) is 5.23. The van der Waals surface area contributed by atoms with Crippen LogP contribution in [0.15, 0.2) is 12.1 Å². The van der Waals surface area contributed by atoms with Crippen molar-refractivity contribution >= 4 is 34.8 Å². The van der Waals surface area contributed by atoms with E-state index in [1.165, 1.54) is 0 Å². The van der Waals surface area contributed by atoms with Crippen molar-refractivity contribution in [1.29, 1.82) is 0 Å². The van der Waals surface area contributed by atoms with Crippen LogP contribution >= 0.6 is 23.2 Å². The summed E-state index contributed by atoms with van der Waals surface area (Å²) in [7, 11) is 0. The number of benzene rings is 1. The number of nitrogens with two attached hydrogens (primary N) is 1. The van der Waals surface area contributed by atoms with Gasteiger partial charge in [-0.05, 0) is 12.3 Å². The smallest absolute Gasteiger partial charge is 0.271 e. The van der Waals surface area contributed by atoms with E-state index in [-0.39, 0.29) is 33.2 Å². The van der Waals surface area contributed by atoms with E-state index in [0.717, 1.165) is 18.6 Å². The number of hydrogen-bond donors (Lipinski definition) is 1. The molecule has 8 heteroatoms. The predicted octanol–water partition coefficient (Wildman–Crippen LogP) is 2.71. The molecule has 0 aromatic heterocycles. The van der Waals surface area contributed by atoms with Crippen molar-refractivity contribution in [3.05, 3.63) is 37.9 Å². The molecule has 0 radical (unpaired) electrons. The maximum Gasteiger partial charge on any atom is 0.271 e. The highest BCUT2D eigenvalue weighted by Crippen LogP contribution is 2.32. The van der Waals surface area contributed by atoms with Gasteiger partial charge in [0.1, 0.15) is 0 Å². The largest absolute Gasteiger partial charge is 0.337 e. The molecule has 1 fully saturated rings. The first-order valence-electron chi connectivity index (χ1n) is 6.49. The molecule has 0 saturated carbocycles. The fourth-order valence-corrected chi connectivity index (χ4v) is 2.69.